The van der Waals surface area contributed by atoms with Crippen LogP contribution in [0.1, 0.15) is 17.8 Å². The van der Waals surface area contributed by atoms with Crippen molar-refractivity contribution in [3.8, 4) is 0 Å². The maximum absolute atomic E-state index is 11.3. The van der Waals surface area contributed by atoms with Gasteiger partial charge in [0.2, 0.25) is 10.0 Å². The molecule has 0 aliphatic carbocycles. The van der Waals surface area contributed by atoms with E-state index in [9.17, 15) is 8.42 Å². The molecule has 0 spiro atoms. The summed E-state index contributed by atoms with van der Waals surface area (Å²) in [5.41, 5.74) is 0. The van der Waals surface area contributed by atoms with Crippen LogP contribution < -0.4 is 4.72 Å². The van der Waals surface area contributed by atoms with Crippen LogP contribution in [0.4, 0.5) is 0 Å². The first-order chi connectivity index (χ1) is 6.55. The van der Waals surface area contributed by atoms with Crippen molar-refractivity contribution < 1.29 is 13.5 Å². The van der Waals surface area contributed by atoms with Crippen LogP contribution in [0.2, 0.25) is 0 Å². The highest BCUT2D eigenvalue weighted by molar-refractivity contribution is 7.89. The summed E-state index contributed by atoms with van der Waals surface area (Å²) >= 11 is 1.50. The summed E-state index contributed by atoms with van der Waals surface area (Å²) in [5.74, 6) is -0.247. The van der Waals surface area contributed by atoms with E-state index in [0.717, 1.165) is 4.88 Å². The molecule has 6 heteroatoms. The molecule has 0 aliphatic rings. The highest BCUT2D eigenvalue weighted by Crippen LogP contribution is 2.18. The number of nitrogens with one attached hydrogen (secondary N) is 1. The Bertz CT molecular complexity index is 358. The lowest BCUT2D eigenvalue weighted by atomic mass is 10.3. The molecule has 0 saturated heterocycles. The molecule has 0 amide bonds. The summed E-state index contributed by atoms with van der Waals surface area (Å²) in [6.07, 6.45) is 0. The van der Waals surface area contributed by atoms with Crippen LogP contribution in [-0.2, 0) is 10.0 Å². The Hall–Kier alpha value is -0.430. The second-order valence-electron chi connectivity index (χ2n) is 2.90. The van der Waals surface area contributed by atoms with Gasteiger partial charge in [0, 0.05) is 4.88 Å². The molecule has 14 heavy (non-hydrogen) atoms. The van der Waals surface area contributed by atoms with Gasteiger partial charge < -0.3 is 5.11 Å². The van der Waals surface area contributed by atoms with Crippen molar-refractivity contribution in [1.82, 2.24) is 4.72 Å². The molecule has 0 aliphatic heterocycles. The third kappa shape index (κ3) is 3.38. The minimum atomic E-state index is -3.35. The topological polar surface area (TPSA) is 66.4 Å². The van der Waals surface area contributed by atoms with Crippen LogP contribution in [0.3, 0.4) is 0 Å². The first-order valence-corrected chi connectivity index (χ1v) is 6.72. The maximum Gasteiger partial charge on any atom is 0.214 e. The normalized spacial score (nSPS) is 14.1. The minimum Gasteiger partial charge on any atom is -0.395 e. The van der Waals surface area contributed by atoms with E-state index in [-0.39, 0.29) is 18.4 Å². The fraction of sp³-hybridized carbons (Fsp3) is 0.500. The van der Waals surface area contributed by atoms with Gasteiger partial charge in [-0.3, -0.25) is 0 Å². The van der Waals surface area contributed by atoms with E-state index in [0.29, 0.717) is 0 Å². The summed E-state index contributed by atoms with van der Waals surface area (Å²) in [5, 5.41) is 10.4. The lowest BCUT2D eigenvalue weighted by Gasteiger charge is -2.11. The van der Waals surface area contributed by atoms with Crippen molar-refractivity contribution >= 4 is 21.4 Å². The van der Waals surface area contributed by atoms with Crippen molar-refractivity contribution in [2.45, 2.75) is 13.0 Å². The van der Waals surface area contributed by atoms with Gasteiger partial charge in [0.1, 0.15) is 0 Å². The van der Waals surface area contributed by atoms with Gasteiger partial charge in [-0.15, -0.1) is 11.3 Å². The first-order valence-electron chi connectivity index (χ1n) is 4.19. The van der Waals surface area contributed by atoms with Crippen LogP contribution >= 0.6 is 11.3 Å². The van der Waals surface area contributed by atoms with Gasteiger partial charge in [-0.2, -0.15) is 0 Å². The molecule has 1 heterocycles. The SMILES string of the molecule is CC(NS(=O)(=O)CCO)c1cccs1. The molecule has 1 aromatic rings. The summed E-state index contributed by atoms with van der Waals surface area (Å²) in [7, 11) is -3.35. The monoisotopic (exact) mass is 235 g/mol. The Morgan fingerprint density at radius 3 is 2.86 bits per heavy atom. The average Bonchev–Trinajstić information content (AvgIpc) is 2.53. The summed E-state index contributed by atoms with van der Waals surface area (Å²) in [6, 6.07) is 3.51. The number of aliphatic hydroxyl groups is 1. The van der Waals surface area contributed by atoms with E-state index >= 15 is 0 Å². The molecule has 0 fully saturated rings. The number of aliphatic hydroxyl groups excluding tert-OH is 1. The number of hydrogen-bond donors (Lipinski definition) is 2. The van der Waals surface area contributed by atoms with Gasteiger partial charge in [-0.1, -0.05) is 6.07 Å². The number of hydrogen-bond acceptors (Lipinski definition) is 4. The number of thiophene rings is 1. The van der Waals surface area contributed by atoms with Crippen molar-refractivity contribution in [2.75, 3.05) is 12.4 Å². The molecule has 1 rings (SSSR count). The molecule has 4 nitrogen and oxygen atoms in total. The first kappa shape index (κ1) is 11.6. The average molecular weight is 235 g/mol. The van der Waals surface area contributed by atoms with Crippen molar-refractivity contribution in [3.05, 3.63) is 22.4 Å². The predicted octanol–water partition coefficient (Wildman–Crippen LogP) is 0.721. The summed E-state index contributed by atoms with van der Waals surface area (Å²) < 4.78 is 25.0. The van der Waals surface area contributed by atoms with E-state index < -0.39 is 10.0 Å². The van der Waals surface area contributed by atoms with Gasteiger partial charge >= 0.3 is 0 Å². The maximum atomic E-state index is 11.3. The zero-order chi connectivity index (χ0) is 10.6. The third-order valence-corrected chi connectivity index (χ3v) is 4.17. The number of rotatable bonds is 5. The zero-order valence-corrected chi connectivity index (χ0v) is 9.44. The highest BCUT2D eigenvalue weighted by atomic mass is 32.2. The second kappa shape index (κ2) is 4.88. The highest BCUT2D eigenvalue weighted by Gasteiger charge is 2.15. The van der Waals surface area contributed by atoms with Gasteiger partial charge in [0.25, 0.3) is 0 Å². The van der Waals surface area contributed by atoms with E-state index in [1.54, 1.807) is 6.92 Å². The minimum absolute atomic E-state index is 0.230. The van der Waals surface area contributed by atoms with Crippen LogP contribution in [-0.4, -0.2) is 25.9 Å². The second-order valence-corrected chi connectivity index (χ2v) is 5.75. The zero-order valence-electron chi connectivity index (χ0n) is 7.80. The van der Waals surface area contributed by atoms with Crippen LogP contribution in [0.25, 0.3) is 0 Å². The number of sulfonamides is 1. The standard InChI is InChI=1S/C8H13NO3S2/c1-7(8-3-2-5-13-8)9-14(11,12)6-4-10/h2-3,5,7,9-10H,4,6H2,1H3. The third-order valence-electron chi connectivity index (χ3n) is 1.69. The Morgan fingerprint density at radius 2 is 2.36 bits per heavy atom. The Kier molecular flexibility index (Phi) is 4.06. The Balaban J connectivity index is 2.61. The lowest BCUT2D eigenvalue weighted by Crippen LogP contribution is -2.29. The molecule has 1 unspecified atom stereocenters. The fourth-order valence-electron chi connectivity index (χ4n) is 1.04. The van der Waals surface area contributed by atoms with Gasteiger partial charge in [0.05, 0.1) is 18.4 Å². The van der Waals surface area contributed by atoms with Crippen LogP contribution in [0.15, 0.2) is 17.5 Å². The lowest BCUT2D eigenvalue weighted by molar-refractivity contribution is 0.319. The fourth-order valence-corrected chi connectivity index (χ4v) is 2.88. The van der Waals surface area contributed by atoms with E-state index in [4.69, 9.17) is 5.11 Å². The molecule has 0 aromatic carbocycles. The van der Waals surface area contributed by atoms with E-state index in [2.05, 4.69) is 4.72 Å². The van der Waals surface area contributed by atoms with Crippen LogP contribution in [0.5, 0.6) is 0 Å². The summed E-state index contributed by atoms with van der Waals surface area (Å²) in [6.45, 7) is 1.42. The molecule has 0 saturated carbocycles. The van der Waals surface area contributed by atoms with Crippen molar-refractivity contribution in [1.29, 1.82) is 0 Å². The molecule has 2 N–H and O–H groups in total. The molecule has 1 aromatic heterocycles. The van der Waals surface area contributed by atoms with E-state index in [1.165, 1.54) is 11.3 Å². The molecule has 1 atom stereocenters. The Morgan fingerprint density at radius 1 is 1.64 bits per heavy atom. The van der Waals surface area contributed by atoms with Crippen molar-refractivity contribution in [2.24, 2.45) is 0 Å². The van der Waals surface area contributed by atoms with Crippen LogP contribution in [0, 0.1) is 0 Å². The predicted molar refractivity (Wildman–Crippen MR) is 56.7 cm³/mol. The Labute approximate surface area is 87.6 Å². The molecular formula is C8H13NO3S2. The molecule has 0 bridgehead atoms. The quantitative estimate of drug-likeness (QED) is 0.790. The van der Waals surface area contributed by atoms with Crippen molar-refractivity contribution in [3.63, 3.8) is 0 Å². The van der Waals surface area contributed by atoms with Gasteiger partial charge in [0.15, 0.2) is 0 Å². The summed E-state index contributed by atoms with van der Waals surface area (Å²) in [4.78, 5) is 0.964. The molecule has 0 radical (unpaired) electrons. The molecular weight excluding hydrogens is 222 g/mol. The largest absolute Gasteiger partial charge is 0.395 e. The van der Waals surface area contributed by atoms with Gasteiger partial charge in [-0.25, -0.2) is 13.1 Å². The van der Waals surface area contributed by atoms with Gasteiger partial charge in [-0.05, 0) is 18.4 Å². The van der Waals surface area contributed by atoms with E-state index in [1.807, 2.05) is 17.5 Å². The molecule has 80 valence electrons. The smallest absolute Gasteiger partial charge is 0.214 e.